The number of thiophene rings is 1. The van der Waals surface area contributed by atoms with Crippen LogP contribution in [0.5, 0.6) is 0 Å². The molecule has 8 heteroatoms. The second-order valence-corrected chi connectivity index (χ2v) is 5.80. The predicted octanol–water partition coefficient (Wildman–Crippen LogP) is 2.24. The highest BCUT2D eigenvalue weighted by molar-refractivity contribution is 7.20. The summed E-state index contributed by atoms with van der Waals surface area (Å²) >= 11 is 1.14. The van der Waals surface area contributed by atoms with Gasteiger partial charge in [-0.15, -0.1) is 11.3 Å². The highest BCUT2D eigenvalue weighted by atomic mass is 32.1. The lowest BCUT2D eigenvalue weighted by molar-refractivity contribution is 0.0696. The Bertz CT molecular complexity index is 973. The Balaban J connectivity index is 1.92. The third-order valence-electron chi connectivity index (χ3n) is 3.33. The second-order valence-electron chi connectivity index (χ2n) is 4.80. The van der Waals surface area contributed by atoms with Crippen LogP contribution in [0.15, 0.2) is 35.4 Å². The van der Waals surface area contributed by atoms with E-state index in [0.29, 0.717) is 26.3 Å². The van der Waals surface area contributed by atoms with Gasteiger partial charge in [0.2, 0.25) is 0 Å². The molecule has 3 aromatic rings. The molecule has 3 N–H and O–H groups in total. The molecule has 2 heterocycles. The first-order valence-electron chi connectivity index (χ1n) is 6.59. The third-order valence-corrected chi connectivity index (χ3v) is 4.53. The number of rotatable bonds is 3. The number of carbonyl (C=O) groups is 2. The lowest BCUT2D eigenvalue weighted by Crippen LogP contribution is -2.12. The van der Waals surface area contributed by atoms with Gasteiger partial charge in [-0.1, -0.05) is 0 Å². The van der Waals surface area contributed by atoms with Crippen molar-refractivity contribution < 1.29 is 14.7 Å². The summed E-state index contributed by atoms with van der Waals surface area (Å²) in [5, 5.41) is 11.9. The Morgan fingerprint density at radius 2 is 1.96 bits per heavy atom. The van der Waals surface area contributed by atoms with Gasteiger partial charge >= 0.3 is 5.97 Å². The SMILES string of the molecule is Cc1c(C(=O)Nc2ccc(C(=O)O)cc2)sc2nc[nH]c(=O)c12. The first kappa shape index (κ1) is 14.9. The lowest BCUT2D eigenvalue weighted by atomic mass is 10.2. The molecular formula is C15H11N3O4S. The van der Waals surface area contributed by atoms with Crippen LogP contribution in [-0.2, 0) is 0 Å². The molecule has 3 rings (SSSR count). The normalized spacial score (nSPS) is 10.7. The number of H-pyrrole nitrogens is 1. The number of fused-ring (bicyclic) bond motifs is 1. The van der Waals surface area contributed by atoms with Gasteiger partial charge in [-0.25, -0.2) is 9.78 Å². The van der Waals surface area contributed by atoms with Crippen molar-refractivity contribution in [1.82, 2.24) is 9.97 Å². The Labute approximate surface area is 133 Å². The summed E-state index contributed by atoms with van der Waals surface area (Å²) < 4.78 is 0. The summed E-state index contributed by atoms with van der Waals surface area (Å²) in [6.07, 6.45) is 1.30. The summed E-state index contributed by atoms with van der Waals surface area (Å²) in [6, 6.07) is 5.83. The number of nitrogens with one attached hydrogen (secondary N) is 2. The van der Waals surface area contributed by atoms with E-state index < -0.39 is 5.97 Å². The number of aromatic carboxylic acids is 1. The van der Waals surface area contributed by atoms with Gasteiger partial charge < -0.3 is 15.4 Å². The number of anilines is 1. The smallest absolute Gasteiger partial charge is 0.335 e. The summed E-state index contributed by atoms with van der Waals surface area (Å²) in [4.78, 5) is 42.4. The lowest BCUT2D eigenvalue weighted by Gasteiger charge is -2.04. The number of hydrogen-bond acceptors (Lipinski definition) is 5. The zero-order chi connectivity index (χ0) is 16.6. The van der Waals surface area contributed by atoms with Gasteiger partial charge in [0.05, 0.1) is 22.2 Å². The van der Waals surface area contributed by atoms with Crippen LogP contribution in [0.4, 0.5) is 5.69 Å². The van der Waals surface area contributed by atoms with Crippen molar-refractivity contribution in [1.29, 1.82) is 0 Å². The Morgan fingerprint density at radius 1 is 1.26 bits per heavy atom. The molecule has 0 aliphatic heterocycles. The predicted molar refractivity (Wildman–Crippen MR) is 86.3 cm³/mol. The number of hydrogen-bond donors (Lipinski definition) is 3. The molecule has 0 aliphatic carbocycles. The molecule has 0 aliphatic rings. The average molecular weight is 329 g/mol. The number of aromatic nitrogens is 2. The molecule has 0 saturated carbocycles. The molecule has 0 radical (unpaired) electrons. The fraction of sp³-hybridized carbons (Fsp3) is 0.0667. The fourth-order valence-corrected chi connectivity index (χ4v) is 3.22. The first-order valence-corrected chi connectivity index (χ1v) is 7.40. The van der Waals surface area contributed by atoms with Crippen molar-refractivity contribution in [3.8, 4) is 0 Å². The molecule has 0 saturated heterocycles. The summed E-state index contributed by atoms with van der Waals surface area (Å²) in [7, 11) is 0. The molecule has 116 valence electrons. The van der Waals surface area contributed by atoms with Gasteiger partial charge in [0.15, 0.2) is 0 Å². The molecule has 1 amide bonds. The maximum Gasteiger partial charge on any atom is 0.335 e. The van der Waals surface area contributed by atoms with E-state index in [4.69, 9.17) is 5.11 Å². The van der Waals surface area contributed by atoms with E-state index in [2.05, 4.69) is 15.3 Å². The Hall–Kier alpha value is -3.00. The minimum absolute atomic E-state index is 0.136. The van der Waals surface area contributed by atoms with Crippen LogP contribution in [0.1, 0.15) is 25.6 Å². The van der Waals surface area contributed by atoms with E-state index in [9.17, 15) is 14.4 Å². The third kappa shape index (κ3) is 2.71. The van der Waals surface area contributed by atoms with E-state index in [-0.39, 0.29) is 17.0 Å². The van der Waals surface area contributed by atoms with Crippen LogP contribution in [0.3, 0.4) is 0 Å². The number of carboxylic acid groups (broad SMARTS) is 1. The first-order chi connectivity index (χ1) is 11.0. The average Bonchev–Trinajstić information content (AvgIpc) is 2.86. The van der Waals surface area contributed by atoms with Crippen molar-refractivity contribution in [2.45, 2.75) is 6.92 Å². The van der Waals surface area contributed by atoms with Gasteiger partial charge in [-0.05, 0) is 36.8 Å². The number of amides is 1. The number of carboxylic acids is 1. The summed E-state index contributed by atoms with van der Waals surface area (Å²) in [5.74, 6) is -1.40. The van der Waals surface area contributed by atoms with Crippen LogP contribution in [0.25, 0.3) is 10.2 Å². The zero-order valence-corrected chi connectivity index (χ0v) is 12.7. The topological polar surface area (TPSA) is 112 Å². The number of benzene rings is 1. The zero-order valence-electron chi connectivity index (χ0n) is 11.9. The van der Waals surface area contributed by atoms with E-state index >= 15 is 0 Å². The number of aromatic amines is 1. The molecule has 0 atom stereocenters. The minimum atomic E-state index is -1.03. The van der Waals surface area contributed by atoms with E-state index in [0.717, 1.165) is 11.3 Å². The van der Waals surface area contributed by atoms with Crippen molar-refractivity contribution in [3.63, 3.8) is 0 Å². The minimum Gasteiger partial charge on any atom is -0.478 e. The highest BCUT2D eigenvalue weighted by Crippen LogP contribution is 2.27. The van der Waals surface area contributed by atoms with E-state index in [1.165, 1.54) is 30.6 Å². The van der Waals surface area contributed by atoms with Crippen LogP contribution >= 0.6 is 11.3 Å². The molecular weight excluding hydrogens is 318 g/mol. The number of carbonyl (C=O) groups excluding carboxylic acids is 1. The molecule has 2 aromatic heterocycles. The van der Waals surface area contributed by atoms with E-state index in [1.807, 2.05) is 0 Å². The van der Waals surface area contributed by atoms with Gasteiger partial charge in [-0.3, -0.25) is 9.59 Å². The van der Waals surface area contributed by atoms with Gasteiger partial charge in [0, 0.05) is 5.69 Å². The van der Waals surface area contributed by atoms with Crippen LogP contribution < -0.4 is 10.9 Å². The van der Waals surface area contributed by atoms with Crippen LogP contribution in [-0.4, -0.2) is 27.0 Å². The molecule has 0 fully saturated rings. The maximum atomic E-state index is 12.4. The quantitative estimate of drug-likeness (QED) is 0.682. The number of aryl methyl sites for hydroxylation is 1. The Kier molecular flexibility index (Phi) is 3.67. The highest BCUT2D eigenvalue weighted by Gasteiger charge is 2.18. The van der Waals surface area contributed by atoms with Crippen molar-refractivity contribution in [2.24, 2.45) is 0 Å². The summed E-state index contributed by atoms with van der Waals surface area (Å²) in [6.45, 7) is 1.69. The van der Waals surface area contributed by atoms with Gasteiger partial charge in [-0.2, -0.15) is 0 Å². The van der Waals surface area contributed by atoms with Gasteiger partial charge in [0.1, 0.15) is 4.83 Å². The maximum absolute atomic E-state index is 12.4. The van der Waals surface area contributed by atoms with Crippen LogP contribution in [0.2, 0.25) is 0 Å². The monoisotopic (exact) mass is 329 g/mol. The molecule has 0 spiro atoms. The summed E-state index contributed by atoms with van der Waals surface area (Å²) in [5.41, 5.74) is 0.892. The molecule has 0 bridgehead atoms. The van der Waals surface area contributed by atoms with E-state index in [1.54, 1.807) is 6.92 Å². The molecule has 0 unspecified atom stereocenters. The molecule has 1 aromatic carbocycles. The largest absolute Gasteiger partial charge is 0.478 e. The van der Waals surface area contributed by atoms with Gasteiger partial charge in [0.25, 0.3) is 11.5 Å². The molecule has 7 nitrogen and oxygen atoms in total. The van der Waals surface area contributed by atoms with Crippen molar-refractivity contribution >= 4 is 39.1 Å². The Morgan fingerprint density at radius 3 is 2.57 bits per heavy atom. The fourth-order valence-electron chi connectivity index (χ4n) is 2.18. The number of nitrogens with zero attached hydrogens (tertiary/aromatic N) is 1. The van der Waals surface area contributed by atoms with Crippen LogP contribution in [0, 0.1) is 6.92 Å². The standard InChI is InChI=1S/C15H11N3O4S/c1-7-10-12(19)16-6-17-14(10)23-11(7)13(20)18-9-4-2-8(3-5-9)15(21)22/h2-6H,1H3,(H,18,20)(H,21,22)(H,16,17,19). The second kappa shape index (κ2) is 5.65. The van der Waals surface area contributed by atoms with Crippen molar-refractivity contribution in [3.05, 3.63) is 57.0 Å². The van der Waals surface area contributed by atoms with Crippen molar-refractivity contribution in [2.75, 3.05) is 5.32 Å². The molecule has 23 heavy (non-hydrogen) atoms.